The molecular formula is C12H18N2O4SeSi. The van der Waals surface area contributed by atoms with E-state index in [1.54, 1.807) is 0 Å². The van der Waals surface area contributed by atoms with E-state index in [4.69, 9.17) is 9.16 Å². The molecule has 1 unspecified atom stereocenters. The molecule has 1 aromatic rings. The Morgan fingerprint density at radius 2 is 2.20 bits per heavy atom. The third-order valence-corrected chi connectivity index (χ3v) is 7.28. The summed E-state index contributed by atoms with van der Waals surface area (Å²) >= 11 is 0.410. The zero-order valence-corrected chi connectivity index (χ0v) is 14.4. The number of nitrogens with one attached hydrogen (secondary N) is 1. The summed E-state index contributed by atoms with van der Waals surface area (Å²) in [5.74, 6) is 0. The summed E-state index contributed by atoms with van der Waals surface area (Å²) in [7, 11) is -1.63. The molecule has 0 radical (unpaired) electrons. The summed E-state index contributed by atoms with van der Waals surface area (Å²) in [6.45, 7) is 6.50. The molecule has 110 valence electrons. The van der Waals surface area contributed by atoms with Gasteiger partial charge < -0.3 is 0 Å². The van der Waals surface area contributed by atoms with Crippen molar-refractivity contribution in [3.8, 4) is 0 Å². The molecule has 1 aromatic heterocycles. The van der Waals surface area contributed by atoms with Gasteiger partial charge in [-0.15, -0.1) is 0 Å². The minimum absolute atomic E-state index is 0.0931. The van der Waals surface area contributed by atoms with E-state index >= 15 is 0 Å². The van der Waals surface area contributed by atoms with Crippen LogP contribution in [0.5, 0.6) is 0 Å². The zero-order valence-electron chi connectivity index (χ0n) is 11.7. The van der Waals surface area contributed by atoms with E-state index in [1.165, 1.54) is 16.8 Å². The van der Waals surface area contributed by atoms with E-state index in [1.807, 2.05) is 0 Å². The third-order valence-electron chi connectivity index (χ3n) is 3.35. The number of hydrogen-bond acceptors (Lipinski definition) is 4. The van der Waals surface area contributed by atoms with Crippen LogP contribution in [0, 0.1) is 0 Å². The van der Waals surface area contributed by atoms with Crippen LogP contribution in [0.15, 0.2) is 21.9 Å². The third kappa shape index (κ3) is 2.58. The summed E-state index contributed by atoms with van der Waals surface area (Å²) in [5.41, 5.74) is -0.785. The molecule has 2 aliphatic rings. The van der Waals surface area contributed by atoms with Gasteiger partial charge in [-0.2, -0.15) is 0 Å². The molecule has 2 aliphatic heterocycles. The maximum atomic E-state index is 11.9. The Morgan fingerprint density at radius 1 is 1.45 bits per heavy atom. The summed E-state index contributed by atoms with van der Waals surface area (Å²) < 4.78 is 13.7. The summed E-state index contributed by atoms with van der Waals surface area (Å²) in [6.07, 6.45) is 1.43. The number of H-pyrrole nitrogens is 1. The van der Waals surface area contributed by atoms with Crippen molar-refractivity contribution in [2.75, 3.05) is 0 Å². The van der Waals surface area contributed by atoms with Crippen LogP contribution in [0.2, 0.25) is 29.8 Å². The Bertz CT molecular complexity index is 623. The molecule has 3 heterocycles. The van der Waals surface area contributed by atoms with E-state index in [0.29, 0.717) is 15.0 Å². The SMILES string of the molecule is C[Si](C)(C)O[C@H]1[C@@H]2[Se]C[C@H]1OC2n1ccc(=O)[nH]c1=O. The van der Waals surface area contributed by atoms with Crippen LogP contribution in [-0.2, 0) is 9.16 Å². The molecule has 6 nitrogen and oxygen atoms in total. The second-order valence-corrected chi connectivity index (χ2v) is 13.1. The number of nitrogens with zero attached hydrogens (tertiary/aromatic N) is 1. The second kappa shape index (κ2) is 4.96. The van der Waals surface area contributed by atoms with Crippen LogP contribution < -0.4 is 11.2 Å². The molecule has 2 fully saturated rings. The van der Waals surface area contributed by atoms with Gasteiger partial charge in [0.15, 0.2) is 0 Å². The summed E-state index contributed by atoms with van der Waals surface area (Å²) in [5, 5.41) is 1.04. The van der Waals surface area contributed by atoms with E-state index < -0.39 is 14.0 Å². The average Bonchev–Trinajstić information content (AvgIpc) is 2.84. The number of aromatic nitrogens is 2. The minimum atomic E-state index is -1.63. The number of fused-ring (bicyclic) bond motifs is 2. The molecule has 8 heteroatoms. The van der Waals surface area contributed by atoms with Crippen LogP contribution >= 0.6 is 0 Å². The van der Waals surface area contributed by atoms with Crippen molar-refractivity contribution >= 4 is 23.3 Å². The predicted molar refractivity (Wildman–Crippen MR) is 77.8 cm³/mol. The second-order valence-electron chi connectivity index (χ2n) is 6.08. The van der Waals surface area contributed by atoms with Crippen molar-refractivity contribution in [2.24, 2.45) is 0 Å². The van der Waals surface area contributed by atoms with Crippen LogP contribution in [0.3, 0.4) is 0 Å². The molecule has 0 spiro atoms. The number of aromatic amines is 1. The number of rotatable bonds is 3. The molecule has 0 amide bonds. The van der Waals surface area contributed by atoms with Gasteiger partial charge >= 0.3 is 123 Å². The molecule has 2 saturated heterocycles. The van der Waals surface area contributed by atoms with Crippen molar-refractivity contribution < 1.29 is 9.16 Å². The molecule has 2 bridgehead atoms. The predicted octanol–water partition coefficient (Wildman–Crippen LogP) is 0.579. The Balaban J connectivity index is 1.87. The first-order valence-corrected chi connectivity index (χ1v) is 12.2. The van der Waals surface area contributed by atoms with Gasteiger partial charge in [0.2, 0.25) is 0 Å². The van der Waals surface area contributed by atoms with Crippen molar-refractivity contribution in [1.29, 1.82) is 0 Å². The monoisotopic (exact) mass is 362 g/mol. The van der Waals surface area contributed by atoms with Crippen molar-refractivity contribution in [3.05, 3.63) is 33.1 Å². The Morgan fingerprint density at radius 3 is 2.85 bits per heavy atom. The summed E-state index contributed by atoms with van der Waals surface area (Å²) in [6, 6.07) is 1.36. The van der Waals surface area contributed by atoms with Gasteiger partial charge in [-0.05, 0) is 0 Å². The van der Waals surface area contributed by atoms with Gasteiger partial charge in [-0.1, -0.05) is 0 Å². The van der Waals surface area contributed by atoms with E-state index in [2.05, 4.69) is 24.6 Å². The fourth-order valence-corrected chi connectivity index (χ4v) is 7.03. The number of hydrogen-bond donors (Lipinski definition) is 1. The Kier molecular flexibility index (Phi) is 3.54. The van der Waals surface area contributed by atoms with Crippen LogP contribution in [0.25, 0.3) is 0 Å². The summed E-state index contributed by atoms with van der Waals surface area (Å²) in [4.78, 5) is 25.6. The van der Waals surface area contributed by atoms with Gasteiger partial charge in [0.25, 0.3) is 0 Å². The van der Waals surface area contributed by atoms with Gasteiger partial charge in [0.05, 0.1) is 0 Å². The topological polar surface area (TPSA) is 73.3 Å². The van der Waals surface area contributed by atoms with Crippen molar-refractivity contribution in [1.82, 2.24) is 9.55 Å². The van der Waals surface area contributed by atoms with Gasteiger partial charge in [0.1, 0.15) is 0 Å². The molecule has 0 aliphatic carbocycles. The van der Waals surface area contributed by atoms with Gasteiger partial charge in [-0.3, -0.25) is 0 Å². The molecule has 3 rings (SSSR count). The zero-order chi connectivity index (χ0) is 14.5. The quantitative estimate of drug-likeness (QED) is 0.800. The van der Waals surface area contributed by atoms with E-state index in [9.17, 15) is 9.59 Å². The molecule has 20 heavy (non-hydrogen) atoms. The van der Waals surface area contributed by atoms with E-state index in [0.717, 1.165) is 5.32 Å². The molecule has 1 N–H and O–H groups in total. The van der Waals surface area contributed by atoms with Crippen molar-refractivity contribution in [3.63, 3.8) is 0 Å². The Labute approximate surface area is 123 Å². The number of ether oxygens (including phenoxy) is 1. The molecule has 0 saturated carbocycles. The molecule has 0 aromatic carbocycles. The molecule has 4 atom stereocenters. The van der Waals surface area contributed by atoms with Gasteiger partial charge in [-0.25, -0.2) is 0 Å². The Hall–Kier alpha value is -0.664. The maximum absolute atomic E-state index is 11.9. The van der Waals surface area contributed by atoms with Crippen LogP contribution in [0.1, 0.15) is 6.23 Å². The molecular weight excluding hydrogens is 343 g/mol. The van der Waals surface area contributed by atoms with Gasteiger partial charge in [0, 0.05) is 0 Å². The van der Waals surface area contributed by atoms with E-state index in [-0.39, 0.29) is 28.8 Å². The first-order valence-electron chi connectivity index (χ1n) is 6.61. The fraction of sp³-hybridized carbons (Fsp3) is 0.667. The first kappa shape index (κ1) is 14.3. The van der Waals surface area contributed by atoms with Crippen LogP contribution in [-0.4, -0.2) is 45.0 Å². The van der Waals surface area contributed by atoms with Crippen molar-refractivity contribution in [2.45, 2.75) is 48.2 Å². The normalized spacial score (nSPS) is 32.8. The van der Waals surface area contributed by atoms with Crippen LogP contribution in [0.4, 0.5) is 0 Å². The standard InChI is InChI=1S/C12H18N2O4SeSi/c1-20(2,3)18-9-7-6-19-10(9)11(17-7)14-5-4-8(15)13-12(14)16/h4-5,7,9-11H,6H2,1-3H3,(H,13,15,16)/t7-,9-,10+,11?/m1/s1. The first-order chi connectivity index (χ1) is 9.35. The fourth-order valence-electron chi connectivity index (χ4n) is 2.63. The average molecular weight is 361 g/mol.